The molecule has 1 aromatic rings. The number of hydrogen-bond acceptors (Lipinski definition) is 4. The predicted octanol–water partition coefficient (Wildman–Crippen LogP) is 0.916. The van der Waals surface area contributed by atoms with Crippen molar-refractivity contribution in [3.63, 3.8) is 0 Å². The number of piperidine rings is 1. The second-order valence-corrected chi connectivity index (χ2v) is 4.41. The second-order valence-electron chi connectivity index (χ2n) is 4.41. The molecule has 1 amide bonds. The number of aromatic nitrogens is 1. The Labute approximate surface area is 106 Å². The van der Waals surface area contributed by atoms with E-state index >= 15 is 0 Å². The molecule has 0 bridgehead atoms. The van der Waals surface area contributed by atoms with Crippen LogP contribution in [0.15, 0.2) is 18.3 Å². The third-order valence-electron chi connectivity index (χ3n) is 3.26. The Morgan fingerprint density at radius 2 is 2.50 bits per heavy atom. The molecule has 0 radical (unpaired) electrons. The fourth-order valence-electron chi connectivity index (χ4n) is 2.31. The number of carbonyl (C=O) groups is 1. The van der Waals surface area contributed by atoms with E-state index in [2.05, 4.69) is 15.2 Å². The molecule has 2 heterocycles. The van der Waals surface area contributed by atoms with Gasteiger partial charge < -0.3 is 10.2 Å². The number of anilines is 1. The molecule has 2 rings (SSSR count). The average Bonchev–Trinajstić information content (AvgIpc) is 2.46. The van der Waals surface area contributed by atoms with Crippen molar-refractivity contribution >= 4 is 11.6 Å². The Morgan fingerprint density at radius 3 is 3.22 bits per heavy atom. The molecule has 1 atom stereocenters. The molecule has 18 heavy (non-hydrogen) atoms. The lowest BCUT2D eigenvalue weighted by atomic mass is 9.97. The van der Waals surface area contributed by atoms with Crippen LogP contribution in [0.25, 0.3) is 0 Å². The van der Waals surface area contributed by atoms with Gasteiger partial charge in [0.1, 0.15) is 11.8 Å². The standard InChI is InChI=1S/C13H16N4O/c1-15-13(18)10-3-2-6-17(9-10)12-4-5-16-11(7-12)8-14/h4-5,7,10H,2-3,6,9H2,1H3,(H,15,18). The van der Waals surface area contributed by atoms with Crippen LogP contribution in [0.1, 0.15) is 18.5 Å². The molecular weight excluding hydrogens is 228 g/mol. The number of hydrogen-bond donors (Lipinski definition) is 1. The van der Waals surface area contributed by atoms with Crippen LogP contribution in [0.2, 0.25) is 0 Å². The van der Waals surface area contributed by atoms with Gasteiger partial charge in [0.2, 0.25) is 5.91 Å². The number of carbonyl (C=O) groups excluding carboxylic acids is 1. The molecule has 0 saturated carbocycles. The molecule has 1 aliphatic rings. The van der Waals surface area contributed by atoms with E-state index in [1.165, 1.54) is 0 Å². The Kier molecular flexibility index (Phi) is 3.78. The lowest BCUT2D eigenvalue weighted by Gasteiger charge is -2.33. The van der Waals surface area contributed by atoms with E-state index in [-0.39, 0.29) is 11.8 Å². The molecule has 1 saturated heterocycles. The molecule has 0 aromatic carbocycles. The minimum Gasteiger partial charge on any atom is -0.371 e. The van der Waals surface area contributed by atoms with Gasteiger partial charge in [-0.25, -0.2) is 4.98 Å². The lowest BCUT2D eigenvalue weighted by Crippen LogP contribution is -2.42. The zero-order chi connectivity index (χ0) is 13.0. The van der Waals surface area contributed by atoms with E-state index in [1.807, 2.05) is 12.1 Å². The third kappa shape index (κ3) is 2.59. The van der Waals surface area contributed by atoms with Gasteiger partial charge in [-0.15, -0.1) is 0 Å². The first-order valence-corrected chi connectivity index (χ1v) is 6.07. The van der Waals surface area contributed by atoms with Crippen molar-refractivity contribution in [2.24, 2.45) is 5.92 Å². The van der Waals surface area contributed by atoms with E-state index in [0.29, 0.717) is 12.2 Å². The van der Waals surface area contributed by atoms with Gasteiger partial charge in [-0.05, 0) is 25.0 Å². The topological polar surface area (TPSA) is 69.0 Å². The Bertz CT molecular complexity index is 480. The van der Waals surface area contributed by atoms with Crippen molar-refractivity contribution in [3.8, 4) is 6.07 Å². The molecule has 0 spiro atoms. The predicted molar refractivity (Wildman–Crippen MR) is 68.0 cm³/mol. The van der Waals surface area contributed by atoms with Crippen molar-refractivity contribution in [2.45, 2.75) is 12.8 Å². The summed E-state index contributed by atoms with van der Waals surface area (Å²) in [4.78, 5) is 17.8. The molecule has 5 nitrogen and oxygen atoms in total. The molecule has 94 valence electrons. The van der Waals surface area contributed by atoms with E-state index in [1.54, 1.807) is 19.3 Å². The highest BCUT2D eigenvalue weighted by molar-refractivity contribution is 5.79. The monoisotopic (exact) mass is 244 g/mol. The summed E-state index contributed by atoms with van der Waals surface area (Å²) in [6.07, 6.45) is 3.55. The quantitative estimate of drug-likeness (QED) is 0.839. The van der Waals surface area contributed by atoms with Crippen LogP contribution >= 0.6 is 0 Å². The fraction of sp³-hybridized carbons (Fsp3) is 0.462. The molecule has 1 aromatic heterocycles. The van der Waals surface area contributed by atoms with Gasteiger partial charge in [0.25, 0.3) is 0 Å². The summed E-state index contributed by atoms with van der Waals surface area (Å²) in [5.74, 6) is 0.122. The fourth-order valence-corrected chi connectivity index (χ4v) is 2.31. The number of nitriles is 1. The molecule has 0 aliphatic carbocycles. The van der Waals surface area contributed by atoms with E-state index in [0.717, 1.165) is 25.1 Å². The summed E-state index contributed by atoms with van der Waals surface area (Å²) in [6.45, 7) is 1.62. The molecule has 5 heteroatoms. The van der Waals surface area contributed by atoms with Crippen LogP contribution in [-0.2, 0) is 4.79 Å². The number of nitrogens with zero attached hydrogens (tertiary/aromatic N) is 3. The smallest absolute Gasteiger partial charge is 0.224 e. The zero-order valence-corrected chi connectivity index (χ0v) is 10.4. The Morgan fingerprint density at radius 1 is 1.67 bits per heavy atom. The lowest BCUT2D eigenvalue weighted by molar-refractivity contribution is -0.124. The summed E-state index contributed by atoms with van der Waals surface area (Å²) in [5, 5.41) is 11.5. The molecule has 1 fully saturated rings. The van der Waals surface area contributed by atoms with Gasteiger partial charge in [-0.3, -0.25) is 4.79 Å². The Hall–Kier alpha value is -2.09. The van der Waals surface area contributed by atoms with Crippen molar-refractivity contribution in [2.75, 3.05) is 25.0 Å². The minimum absolute atomic E-state index is 0.0300. The normalized spacial score (nSPS) is 19.1. The summed E-state index contributed by atoms with van der Waals surface area (Å²) in [6, 6.07) is 5.69. The molecule has 1 N–H and O–H groups in total. The van der Waals surface area contributed by atoms with Gasteiger partial charge in [-0.1, -0.05) is 0 Å². The number of rotatable bonds is 2. The van der Waals surface area contributed by atoms with Crippen molar-refractivity contribution < 1.29 is 4.79 Å². The third-order valence-corrected chi connectivity index (χ3v) is 3.26. The summed E-state index contributed by atoms with van der Waals surface area (Å²) < 4.78 is 0. The first kappa shape index (κ1) is 12.4. The van der Waals surface area contributed by atoms with Gasteiger partial charge in [0.15, 0.2) is 0 Å². The van der Waals surface area contributed by atoms with Crippen LogP contribution in [0.5, 0.6) is 0 Å². The molecule has 1 aliphatic heterocycles. The molecular formula is C13H16N4O. The zero-order valence-electron chi connectivity index (χ0n) is 10.4. The maximum Gasteiger partial charge on any atom is 0.224 e. The summed E-state index contributed by atoms with van der Waals surface area (Å²) in [7, 11) is 1.67. The maximum atomic E-state index is 11.7. The number of nitrogens with one attached hydrogen (secondary N) is 1. The summed E-state index contributed by atoms with van der Waals surface area (Å²) >= 11 is 0. The Balaban J connectivity index is 2.13. The van der Waals surface area contributed by atoms with Crippen LogP contribution in [0, 0.1) is 17.2 Å². The van der Waals surface area contributed by atoms with Crippen LogP contribution in [-0.4, -0.2) is 31.0 Å². The average molecular weight is 244 g/mol. The van der Waals surface area contributed by atoms with E-state index < -0.39 is 0 Å². The number of pyridine rings is 1. The van der Waals surface area contributed by atoms with Gasteiger partial charge in [0, 0.05) is 32.0 Å². The minimum atomic E-state index is 0.0300. The second kappa shape index (κ2) is 5.50. The van der Waals surface area contributed by atoms with Crippen molar-refractivity contribution in [3.05, 3.63) is 24.0 Å². The number of amides is 1. The van der Waals surface area contributed by atoms with Crippen LogP contribution in [0.3, 0.4) is 0 Å². The van der Waals surface area contributed by atoms with Crippen LogP contribution < -0.4 is 10.2 Å². The highest BCUT2D eigenvalue weighted by Gasteiger charge is 2.25. The first-order chi connectivity index (χ1) is 8.74. The molecule has 1 unspecified atom stereocenters. The van der Waals surface area contributed by atoms with Gasteiger partial charge in [0.05, 0.1) is 5.92 Å². The van der Waals surface area contributed by atoms with Gasteiger partial charge >= 0.3 is 0 Å². The van der Waals surface area contributed by atoms with Crippen LogP contribution in [0.4, 0.5) is 5.69 Å². The van der Waals surface area contributed by atoms with Crippen molar-refractivity contribution in [1.29, 1.82) is 5.26 Å². The van der Waals surface area contributed by atoms with E-state index in [9.17, 15) is 4.79 Å². The summed E-state index contributed by atoms with van der Waals surface area (Å²) in [5.41, 5.74) is 1.38. The SMILES string of the molecule is CNC(=O)C1CCCN(c2ccnc(C#N)c2)C1. The highest BCUT2D eigenvalue weighted by Crippen LogP contribution is 2.23. The first-order valence-electron chi connectivity index (χ1n) is 6.07. The van der Waals surface area contributed by atoms with Gasteiger partial charge in [-0.2, -0.15) is 5.26 Å². The maximum absolute atomic E-state index is 11.7. The largest absolute Gasteiger partial charge is 0.371 e. The van der Waals surface area contributed by atoms with Crippen molar-refractivity contribution in [1.82, 2.24) is 10.3 Å². The highest BCUT2D eigenvalue weighted by atomic mass is 16.1. The van der Waals surface area contributed by atoms with E-state index in [4.69, 9.17) is 5.26 Å².